The highest BCUT2D eigenvalue weighted by molar-refractivity contribution is 6.32. The van der Waals surface area contributed by atoms with Crippen LogP contribution in [-0.4, -0.2) is 123 Å². The van der Waals surface area contributed by atoms with E-state index in [1.54, 1.807) is 94.7 Å². The number of carbonyl (C=O) groups is 2. The average molecular weight is 1100 g/mol. The molecular formula is C55H56Cl2F6N12O2. The van der Waals surface area contributed by atoms with Crippen LogP contribution in [0, 0.1) is 0 Å². The lowest BCUT2D eigenvalue weighted by atomic mass is 10.0. The molecule has 8 aromatic rings. The third-order valence-electron chi connectivity index (χ3n) is 13.0. The zero-order valence-corrected chi connectivity index (χ0v) is 44.1. The van der Waals surface area contributed by atoms with Crippen LogP contribution in [0.2, 0.25) is 10.0 Å². The molecule has 14 nitrogen and oxygen atoms in total. The number of fused-ring (bicyclic) bond motifs is 2. The van der Waals surface area contributed by atoms with Gasteiger partial charge in [-0.3, -0.25) is 23.6 Å². The lowest BCUT2D eigenvalue weighted by molar-refractivity contribution is -0.138. The second kappa shape index (κ2) is 24.5. The number of likely N-dealkylation sites (N-methyl/N-ethyl adjacent to an activating group) is 1. The van der Waals surface area contributed by atoms with Crippen LogP contribution in [0.25, 0.3) is 33.7 Å². The summed E-state index contributed by atoms with van der Waals surface area (Å²) in [7, 11) is 5.46. The molecule has 4 aromatic heterocycles. The minimum atomic E-state index is -4.57. The number of carbonyl (C=O) groups excluding carboxylic acids is 2. The molecule has 0 atom stereocenters. The Bertz CT molecular complexity index is 3360. The fourth-order valence-corrected chi connectivity index (χ4v) is 9.45. The van der Waals surface area contributed by atoms with Crippen molar-refractivity contribution >= 4 is 74.4 Å². The molecule has 4 aromatic carbocycles. The largest absolute Gasteiger partial charge is 0.418 e. The van der Waals surface area contributed by atoms with Crippen molar-refractivity contribution in [2.24, 2.45) is 0 Å². The van der Waals surface area contributed by atoms with Crippen LogP contribution in [0.15, 0.2) is 122 Å². The number of nitrogens with one attached hydrogen (secondary N) is 2. The lowest BCUT2D eigenvalue weighted by Crippen LogP contribution is -2.45. The number of anilines is 3. The zero-order valence-electron chi connectivity index (χ0n) is 42.6. The smallest absolute Gasteiger partial charge is 0.374 e. The maximum Gasteiger partial charge on any atom is 0.418 e. The molecule has 1 saturated heterocycles. The molecule has 22 heteroatoms. The molecule has 9 rings (SSSR count). The van der Waals surface area contributed by atoms with Crippen molar-refractivity contribution in [1.82, 2.24) is 43.8 Å². The Morgan fingerprint density at radius 3 is 1.56 bits per heavy atom. The highest BCUT2D eigenvalue weighted by atomic mass is 35.5. The van der Waals surface area contributed by atoms with Crippen molar-refractivity contribution in [2.45, 2.75) is 45.1 Å². The second-order valence-electron chi connectivity index (χ2n) is 18.8. The molecule has 0 bridgehead atoms. The van der Waals surface area contributed by atoms with Gasteiger partial charge in [-0.2, -0.15) is 26.3 Å². The summed E-state index contributed by atoms with van der Waals surface area (Å²) >= 11 is 12.9. The molecule has 2 N–H and O–H groups in total. The number of piperazine rings is 1. The van der Waals surface area contributed by atoms with Crippen molar-refractivity contribution in [3.8, 4) is 11.4 Å². The minimum Gasteiger partial charge on any atom is -0.374 e. The summed E-state index contributed by atoms with van der Waals surface area (Å²) in [5.74, 6) is -0.939. The maximum absolute atomic E-state index is 13.9. The van der Waals surface area contributed by atoms with E-state index in [-0.39, 0.29) is 42.0 Å². The van der Waals surface area contributed by atoms with Crippen LogP contribution in [0.5, 0.6) is 0 Å². The number of amides is 2. The van der Waals surface area contributed by atoms with Crippen molar-refractivity contribution in [1.29, 1.82) is 0 Å². The highest BCUT2D eigenvalue weighted by Crippen LogP contribution is 2.39. The van der Waals surface area contributed by atoms with Gasteiger partial charge >= 0.3 is 12.4 Å². The van der Waals surface area contributed by atoms with Gasteiger partial charge in [-0.15, -0.1) is 0 Å². The summed E-state index contributed by atoms with van der Waals surface area (Å²) in [6, 6.07) is 25.5. The van der Waals surface area contributed by atoms with Crippen LogP contribution < -0.4 is 15.5 Å². The van der Waals surface area contributed by atoms with Crippen LogP contribution in [0.4, 0.5) is 43.4 Å². The Morgan fingerprint density at radius 2 is 1.08 bits per heavy atom. The molecule has 0 aliphatic carbocycles. The number of imidazole rings is 2. The number of hydrogen-bond donors (Lipinski definition) is 2. The Kier molecular flexibility index (Phi) is 17.8. The molecule has 1 aliphatic heterocycles. The van der Waals surface area contributed by atoms with Crippen molar-refractivity contribution < 1.29 is 35.9 Å². The fourth-order valence-electron chi connectivity index (χ4n) is 8.97. The topological polar surface area (TPSA) is 133 Å². The van der Waals surface area contributed by atoms with E-state index in [1.165, 1.54) is 24.3 Å². The van der Waals surface area contributed by atoms with Crippen LogP contribution in [-0.2, 0) is 41.3 Å². The number of hydrogen-bond acceptors (Lipinski definition) is 10. The first kappa shape index (κ1) is 56.1. The molecule has 404 valence electrons. The van der Waals surface area contributed by atoms with Crippen molar-refractivity contribution in [3.63, 3.8) is 0 Å². The molecule has 0 radical (unpaired) electrons. The van der Waals surface area contributed by atoms with Gasteiger partial charge in [0, 0.05) is 85.8 Å². The Hall–Kier alpha value is -7.10. The van der Waals surface area contributed by atoms with Gasteiger partial charge in [0.25, 0.3) is 0 Å². The van der Waals surface area contributed by atoms with E-state index in [0.29, 0.717) is 45.4 Å². The molecule has 5 heterocycles. The number of halogens is 8. The molecule has 2 amide bonds. The maximum atomic E-state index is 13.9. The summed E-state index contributed by atoms with van der Waals surface area (Å²) in [5, 5.41) is 5.88. The minimum absolute atomic E-state index is 0.0643. The quantitative estimate of drug-likeness (QED) is 0.0901. The molecule has 0 spiro atoms. The third kappa shape index (κ3) is 14.3. The van der Waals surface area contributed by atoms with Crippen LogP contribution in [0.3, 0.4) is 0 Å². The van der Waals surface area contributed by atoms with E-state index in [9.17, 15) is 35.9 Å². The Morgan fingerprint density at radius 1 is 0.597 bits per heavy atom. The van der Waals surface area contributed by atoms with E-state index in [1.807, 2.05) is 36.0 Å². The van der Waals surface area contributed by atoms with Gasteiger partial charge in [-0.25, -0.2) is 19.9 Å². The molecule has 0 unspecified atom stereocenters. The average Bonchev–Trinajstić information content (AvgIpc) is 4.03. The van der Waals surface area contributed by atoms with E-state index in [4.69, 9.17) is 23.2 Å². The van der Waals surface area contributed by atoms with Gasteiger partial charge in [-0.1, -0.05) is 48.3 Å². The Balaban J connectivity index is 0.000000204. The number of pyridine rings is 2. The molecular weight excluding hydrogens is 1050 g/mol. The van der Waals surface area contributed by atoms with Crippen molar-refractivity contribution in [2.75, 3.05) is 82.5 Å². The summed E-state index contributed by atoms with van der Waals surface area (Å²) in [4.78, 5) is 50.7. The van der Waals surface area contributed by atoms with Crippen molar-refractivity contribution in [3.05, 3.63) is 160 Å². The number of nitrogens with zero attached hydrogens (tertiary/aromatic N) is 10. The van der Waals surface area contributed by atoms with E-state index in [2.05, 4.69) is 42.4 Å². The monoisotopic (exact) mass is 1100 g/mol. The summed E-state index contributed by atoms with van der Waals surface area (Å²) in [5.41, 5.74) is 4.24. The van der Waals surface area contributed by atoms with Gasteiger partial charge in [0.15, 0.2) is 11.3 Å². The number of alkyl halides is 6. The normalized spacial score (nSPS) is 13.5. The van der Waals surface area contributed by atoms with Gasteiger partial charge in [0.2, 0.25) is 11.8 Å². The number of aromatic nitrogens is 6. The van der Waals surface area contributed by atoms with E-state index >= 15 is 0 Å². The van der Waals surface area contributed by atoms with Gasteiger partial charge in [-0.05, 0) is 129 Å². The summed E-state index contributed by atoms with van der Waals surface area (Å²) in [6.45, 7) is 7.57. The Labute approximate surface area is 451 Å². The zero-order chi connectivity index (χ0) is 55.0. The lowest BCUT2D eigenvalue weighted by Gasteiger charge is -2.34. The molecule has 1 aliphatic rings. The highest BCUT2D eigenvalue weighted by Gasteiger charge is 2.36. The first-order valence-corrected chi connectivity index (χ1v) is 25.4. The summed E-state index contributed by atoms with van der Waals surface area (Å²) < 4.78 is 86.9. The first-order chi connectivity index (χ1) is 36.7. The second-order valence-corrected chi connectivity index (χ2v) is 19.6. The van der Waals surface area contributed by atoms with Gasteiger partial charge in [0.05, 0.1) is 35.3 Å². The van der Waals surface area contributed by atoms with Crippen LogP contribution >= 0.6 is 23.2 Å². The SMILES string of the molecule is CCN1CCN(Cc2ccc(NC(=O)Cc3ccc(-n4cnc5cccnc54)cc3Cl)cc2C(F)(F)F)CC1.CN(C)CCCN(C)c1ccc(NC(=O)Cc2ccc(-n3cnc4cccnc43)cc2Cl)cc1C(F)(F)F. The van der Waals surface area contributed by atoms with Gasteiger partial charge in [0.1, 0.15) is 23.7 Å². The van der Waals surface area contributed by atoms with Gasteiger partial charge < -0.3 is 25.3 Å². The fraction of sp³-hybridized carbons (Fsp3) is 0.309. The number of benzene rings is 4. The summed E-state index contributed by atoms with van der Waals surface area (Å²) in [6.07, 6.45) is -1.97. The predicted molar refractivity (Wildman–Crippen MR) is 289 cm³/mol. The van der Waals surface area contributed by atoms with Crippen LogP contribution in [0.1, 0.15) is 41.2 Å². The third-order valence-corrected chi connectivity index (χ3v) is 13.7. The number of rotatable bonds is 16. The van der Waals surface area contributed by atoms with E-state index in [0.717, 1.165) is 73.8 Å². The molecule has 1 fully saturated rings. The molecule has 0 saturated carbocycles. The molecule has 77 heavy (non-hydrogen) atoms. The predicted octanol–water partition coefficient (Wildman–Crippen LogP) is 11.1. The van der Waals surface area contributed by atoms with E-state index < -0.39 is 35.3 Å². The first-order valence-electron chi connectivity index (χ1n) is 24.7. The standard InChI is InChI=1S/C28H28ClF3N6O.C27H28ClF3N6O/c1-2-36-10-12-37(13-11-36)17-20-5-7-21(15-23(20)28(30,31)32)35-26(39)14-19-6-8-22(16-24(19)29)38-18-34-25-4-3-9-33-27(25)38;1-35(2)12-5-13-36(3)24-10-8-19(15-21(24)27(29,30)31)34-25(38)14-18-7-9-20(16-22(18)28)37-17-33-23-6-4-11-32-26(23)37/h3-9,15-16,18H,2,10-14,17H2,1H3,(H,35,39);4,6-11,15-17H,5,12-14H2,1-3H3,(H,34,38).